The van der Waals surface area contributed by atoms with Crippen molar-refractivity contribution in [1.82, 2.24) is 14.9 Å². The minimum absolute atomic E-state index is 0.255. The molecule has 0 atom stereocenters. The van der Waals surface area contributed by atoms with E-state index >= 15 is 0 Å². The van der Waals surface area contributed by atoms with E-state index < -0.39 is 5.60 Å². The maximum absolute atomic E-state index is 12.2. The molecule has 0 saturated carbocycles. The lowest BCUT2D eigenvalue weighted by atomic mass is 10.2. The molecule has 1 aromatic heterocycles. The first-order valence-corrected chi connectivity index (χ1v) is 9.24. The summed E-state index contributed by atoms with van der Waals surface area (Å²) in [7, 11) is 0. The van der Waals surface area contributed by atoms with Crippen molar-refractivity contribution in [2.75, 3.05) is 36.4 Å². The number of carbonyl (C=O) groups excluding carboxylic acids is 1. The summed E-state index contributed by atoms with van der Waals surface area (Å²) in [6.45, 7) is 8.99. The van der Waals surface area contributed by atoms with Crippen LogP contribution >= 0.6 is 0 Å². The molecule has 7 heteroatoms. The summed E-state index contributed by atoms with van der Waals surface area (Å²) in [6, 6.07) is 12.0. The summed E-state index contributed by atoms with van der Waals surface area (Å²) in [5.41, 5.74) is 0.706. The van der Waals surface area contributed by atoms with Gasteiger partial charge in [-0.15, -0.1) is 0 Å². The average Bonchev–Trinajstić information content (AvgIpc) is 2.66. The average molecular weight is 369 g/mol. The lowest BCUT2D eigenvalue weighted by Crippen LogP contribution is -2.50. The van der Waals surface area contributed by atoms with Crippen molar-refractivity contribution in [3.63, 3.8) is 0 Å². The van der Waals surface area contributed by atoms with E-state index in [2.05, 4.69) is 32.3 Å². The molecule has 0 spiro atoms. The Hall–Kier alpha value is -2.83. The lowest BCUT2D eigenvalue weighted by Gasteiger charge is -2.36. The number of nitrogens with one attached hydrogen (secondary N) is 1. The largest absolute Gasteiger partial charge is 0.444 e. The molecule has 1 fully saturated rings. The minimum Gasteiger partial charge on any atom is -0.444 e. The highest BCUT2D eigenvalue weighted by Crippen LogP contribution is 2.17. The standard InChI is InChI=1S/C20H27N5O2/c1-20(2,3)27-19(26)25-13-11-24(12-14-25)17-9-10-21-18(23-17)22-15-16-7-5-4-6-8-16/h4-10H,11-15H2,1-3H3,(H,21,22,23). The smallest absolute Gasteiger partial charge is 0.410 e. The van der Waals surface area contributed by atoms with Crippen molar-refractivity contribution in [3.8, 4) is 0 Å². The molecule has 0 radical (unpaired) electrons. The molecule has 3 rings (SSSR count). The van der Waals surface area contributed by atoms with Crippen LogP contribution in [0.4, 0.5) is 16.6 Å². The van der Waals surface area contributed by atoms with Gasteiger partial charge in [0.25, 0.3) is 0 Å². The minimum atomic E-state index is -0.472. The number of hydrogen-bond donors (Lipinski definition) is 1. The van der Waals surface area contributed by atoms with Crippen LogP contribution in [0.25, 0.3) is 0 Å². The van der Waals surface area contributed by atoms with Crippen molar-refractivity contribution in [2.24, 2.45) is 0 Å². The molecule has 1 aliphatic rings. The fraction of sp³-hybridized carbons (Fsp3) is 0.450. The second-order valence-corrected chi connectivity index (χ2v) is 7.53. The fourth-order valence-electron chi connectivity index (χ4n) is 2.83. The third kappa shape index (κ3) is 5.57. The van der Waals surface area contributed by atoms with Crippen LogP contribution in [0.2, 0.25) is 0 Å². The van der Waals surface area contributed by atoms with Gasteiger partial charge in [-0.1, -0.05) is 30.3 Å². The van der Waals surface area contributed by atoms with E-state index in [0.717, 1.165) is 5.82 Å². The normalized spacial score (nSPS) is 14.8. The van der Waals surface area contributed by atoms with E-state index in [1.807, 2.05) is 45.0 Å². The van der Waals surface area contributed by atoms with E-state index in [-0.39, 0.29) is 6.09 Å². The zero-order valence-electron chi connectivity index (χ0n) is 16.2. The van der Waals surface area contributed by atoms with Gasteiger partial charge in [0.2, 0.25) is 5.95 Å². The third-order valence-corrected chi connectivity index (χ3v) is 4.19. The van der Waals surface area contributed by atoms with Crippen LogP contribution in [-0.4, -0.2) is 52.7 Å². The van der Waals surface area contributed by atoms with Gasteiger partial charge in [0.15, 0.2) is 0 Å². The highest BCUT2D eigenvalue weighted by atomic mass is 16.6. The topological polar surface area (TPSA) is 70.6 Å². The Morgan fingerprint density at radius 2 is 1.81 bits per heavy atom. The number of anilines is 2. The number of benzene rings is 1. The summed E-state index contributed by atoms with van der Waals surface area (Å²) in [5.74, 6) is 1.47. The second kappa shape index (κ2) is 8.24. The monoisotopic (exact) mass is 369 g/mol. The quantitative estimate of drug-likeness (QED) is 0.893. The van der Waals surface area contributed by atoms with Crippen LogP contribution in [0.1, 0.15) is 26.3 Å². The van der Waals surface area contributed by atoms with Crippen molar-refractivity contribution in [1.29, 1.82) is 0 Å². The number of carbonyl (C=O) groups is 1. The van der Waals surface area contributed by atoms with Crippen LogP contribution in [0.15, 0.2) is 42.6 Å². The number of amides is 1. The Kier molecular flexibility index (Phi) is 5.78. The number of aromatic nitrogens is 2. The third-order valence-electron chi connectivity index (χ3n) is 4.19. The Morgan fingerprint density at radius 3 is 2.48 bits per heavy atom. The van der Waals surface area contributed by atoms with E-state index in [9.17, 15) is 4.79 Å². The van der Waals surface area contributed by atoms with Crippen LogP contribution < -0.4 is 10.2 Å². The van der Waals surface area contributed by atoms with E-state index in [4.69, 9.17) is 4.74 Å². The van der Waals surface area contributed by atoms with Gasteiger partial charge in [-0.05, 0) is 32.4 Å². The van der Waals surface area contributed by atoms with Crippen molar-refractivity contribution in [3.05, 3.63) is 48.2 Å². The Bertz CT molecular complexity index is 752. The highest BCUT2D eigenvalue weighted by Gasteiger charge is 2.26. The first-order valence-electron chi connectivity index (χ1n) is 9.24. The molecule has 27 heavy (non-hydrogen) atoms. The predicted molar refractivity (Wildman–Crippen MR) is 106 cm³/mol. The summed E-state index contributed by atoms with van der Waals surface area (Å²) >= 11 is 0. The summed E-state index contributed by atoms with van der Waals surface area (Å²) in [6.07, 6.45) is 1.51. The molecule has 1 aliphatic heterocycles. The maximum atomic E-state index is 12.2. The number of ether oxygens (including phenoxy) is 1. The molecule has 0 aliphatic carbocycles. The molecule has 2 aromatic rings. The van der Waals surface area contributed by atoms with Gasteiger partial charge in [0.1, 0.15) is 11.4 Å². The molecular weight excluding hydrogens is 342 g/mol. The van der Waals surface area contributed by atoms with Gasteiger partial charge in [-0.3, -0.25) is 0 Å². The van der Waals surface area contributed by atoms with Crippen molar-refractivity contribution < 1.29 is 9.53 Å². The molecule has 1 saturated heterocycles. The summed E-state index contributed by atoms with van der Waals surface area (Å²) in [4.78, 5) is 25.0. The Balaban J connectivity index is 1.54. The van der Waals surface area contributed by atoms with Gasteiger partial charge in [0, 0.05) is 38.9 Å². The van der Waals surface area contributed by atoms with Crippen LogP contribution in [-0.2, 0) is 11.3 Å². The van der Waals surface area contributed by atoms with Gasteiger partial charge in [-0.2, -0.15) is 4.98 Å². The van der Waals surface area contributed by atoms with Gasteiger partial charge in [0.05, 0.1) is 0 Å². The molecule has 1 amide bonds. The number of piperazine rings is 1. The van der Waals surface area contributed by atoms with E-state index in [1.54, 1.807) is 11.1 Å². The fourth-order valence-corrected chi connectivity index (χ4v) is 2.83. The van der Waals surface area contributed by atoms with Crippen LogP contribution in [0.3, 0.4) is 0 Å². The van der Waals surface area contributed by atoms with Crippen LogP contribution in [0, 0.1) is 0 Å². The van der Waals surface area contributed by atoms with Crippen LogP contribution in [0.5, 0.6) is 0 Å². The molecule has 1 N–H and O–H groups in total. The Morgan fingerprint density at radius 1 is 1.11 bits per heavy atom. The predicted octanol–water partition coefficient (Wildman–Crippen LogP) is 3.15. The van der Waals surface area contributed by atoms with Gasteiger partial charge in [-0.25, -0.2) is 9.78 Å². The zero-order chi connectivity index (χ0) is 19.3. The number of nitrogens with zero attached hydrogens (tertiary/aromatic N) is 4. The first kappa shape index (κ1) is 18.9. The Labute approximate surface area is 160 Å². The van der Waals surface area contributed by atoms with E-state index in [1.165, 1.54) is 5.56 Å². The maximum Gasteiger partial charge on any atom is 0.410 e. The molecule has 144 valence electrons. The van der Waals surface area contributed by atoms with Gasteiger partial charge >= 0.3 is 6.09 Å². The highest BCUT2D eigenvalue weighted by molar-refractivity contribution is 5.68. The van der Waals surface area contributed by atoms with Crippen molar-refractivity contribution >= 4 is 17.9 Å². The van der Waals surface area contributed by atoms with Crippen molar-refractivity contribution in [2.45, 2.75) is 32.9 Å². The molecule has 2 heterocycles. The first-order chi connectivity index (χ1) is 12.9. The molecular formula is C20H27N5O2. The SMILES string of the molecule is CC(C)(C)OC(=O)N1CCN(c2ccnc(NCc3ccccc3)n2)CC1. The number of rotatable bonds is 4. The molecule has 0 unspecified atom stereocenters. The second-order valence-electron chi connectivity index (χ2n) is 7.53. The zero-order valence-corrected chi connectivity index (χ0v) is 16.2. The molecule has 0 bridgehead atoms. The number of hydrogen-bond acceptors (Lipinski definition) is 6. The van der Waals surface area contributed by atoms with Gasteiger partial charge < -0.3 is 19.9 Å². The summed E-state index contributed by atoms with van der Waals surface area (Å²) < 4.78 is 5.44. The summed E-state index contributed by atoms with van der Waals surface area (Å²) in [5, 5.41) is 3.26. The lowest BCUT2D eigenvalue weighted by molar-refractivity contribution is 0.0240. The molecule has 7 nitrogen and oxygen atoms in total. The van der Waals surface area contributed by atoms with E-state index in [0.29, 0.717) is 38.7 Å². The molecule has 1 aromatic carbocycles.